The van der Waals surface area contributed by atoms with Crippen molar-refractivity contribution in [3.63, 3.8) is 0 Å². The molecule has 2 unspecified atom stereocenters. The molecule has 2 amide bonds. The van der Waals surface area contributed by atoms with E-state index in [1.807, 2.05) is 36.1 Å². The number of hydrogen-bond acceptors (Lipinski definition) is 7. The molecule has 13 heteroatoms. The van der Waals surface area contributed by atoms with Gasteiger partial charge in [-0.15, -0.1) is 0 Å². The number of alkyl halides is 3. The number of halogens is 3. The molecule has 0 saturated carbocycles. The minimum Gasteiger partial charge on any atom is -0.489 e. The van der Waals surface area contributed by atoms with E-state index in [0.29, 0.717) is 63.9 Å². The number of hydrogen-bond donors (Lipinski definition) is 3. The Morgan fingerprint density at radius 3 is 2.53 bits per heavy atom. The smallest absolute Gasteiger partial charge is 0.489 e. The lowest BCUT2D eigenvalue weighted by Gasteiger charge is -2.43. The van der Waals surface area contributed by atoms with Crippen LogP contribution in [-0.2, 0) is 19.1 Å². The first-order chi connectivity index (χ1) is 18.0. The molecule has 3 heterocycles. The molecule has 38 heavy (non-hydrogen) atoms. The van der Waals surface area contributed by atoms with E-state index in [0.717, 1.165) is 13.0 Å². The summed E-state index contributed by atoms with van der Waals surface area (Å²) in [6.07, 6.45) is -0.592. The van der Waals surface area contributed by atoms with Crippen LogP contribution in [-0.4, -0.2) is 98.7 Å². The Hall–Kier alpha value is -3.16. The standard InChI is InChI=1S/C23H31N3O5.C2HF3O2/c1-22-14-25-20(27)18-6-2-3-7-19(18)30-12-5-4-11-29-17-23(8-9-24-15-23)21(28)26(16-22)10-13-31-22;3-2(4,5)1(6)7/h2-7,24H,8-17H2,1H3,(H,25,27);(H,6,7)/b5-4+;. The van der Waals surface area contributed by atoms with Gasteiger partial charge in [-0.2, -0.15) is 13.2 Å². The zero-order chi connectivity index (χ0) is 27.8. The van der Waals surface area contributed by atoms with E-state index in [1.165, 1.54) is 0 Å². The van der Waals surface area contributed by atoms with Crippen molar-refractivity contribution in [2.45, 2.75) is 25.1 Å². The summed E-state index contributed by atoms with van der Waals surface area (Å²) < 4.78 is 49.4. The third kappa shape index (κ3) is 7.68. The molecule has 10 nitrogen and oxygen atoms in total. The fourth-order valence-corrected chi connectivity index (χ4v) is 4.40. The number of fused-ring (bicyclic) bond motifs is 3. The molecule has 2 atom stereocenters. The van der Waals surface area contributed by atoms with Gasteiger partial charge in [-0.3, -0.25) is 9.59 Å². The van der Waals surface area contributed by atoms with Crippen molar-refractivity contribution in [3.05, 3.63) is 42.0 Å². The predicted octanol–water partition coefficient (Wildman–Crippen LogP) is 1.61. The van der Waals surface area contributed by atoms with E-state index in [4.69, 9.17) is 24.1 Å². The molecule has 4 rings (SSSR count). The number of carboxylic acids is 1. The first-order valence-electron chi connectivity index (χ1n) is 12.1. The van der Waals surface area contributed by atoms with Crippen LogP contribution in [0.1, 0.15) is 23.7 Å². The summed E-state index contributed by atoms with van der Waals surface area (Å²) in [5.41, 5.74) is -0.751. The van der Waals surface area contributed by atoms with Gasteiger partial charge in [0, 0.05) is 19.6 Å². The van der Waals surface area contributed by atoms with Gasteiger partial charge >= 0.3 is 12.1 Å². The van der Waals surface area contributed by atoms with Crippen LogP contribution in [0.15, 0.2) is 36.4 Å². The molecule has 210 valence electrons. The number of aliphatic carboxylic acids is 1. The molecular formula is C25H32F3N3O7. The monoisotopic (exact) mass is 543 g/mol. The van der Waals surface area contributed by atoms with Crippen LogP contribution in [0.3, 0.4) is 0 Å². The zero-order valence-corrected chi connectivity index (χ0v) is 21.0. The first-order valence-corrected chi connectivity index (χ1v) is 12.1. The van der Waals surface area contributed by atoms with Gasteiger partial charge in [0.25, 0.3) is 5.91 Å². The molecule has 1 aromatic rings. The van der Waals surface area contributed by atoms with Crippen molar-refractivity contribution < 1.29 is 46.9 Å². The van der Waals surface area contributed by atoms with Gasteiger partial charge < -0.3 is 34.9 Å². The van der Waals surface area contributed by atoms with Crippen molar-refractivity contribution >= 4 is 17.8 Å². The van der Waals surface area contributed by atoms with Crippen LogP contribution in [0.2, 0.25) is 0 Å². The highest BCUT2D eigenvalue weighted by Gasteiger charge is 2.46. The molecule has 3 aliphatic heterocycles. The van der Waals surface area contributed by atoms with Crippen molar-refractivity contribution in [2.75, 3.05) is 59.2 Å². The highest BCUT2D eigenvalue weighted by molar-refractivity contribution is 5.97. The summed E-state index contributed by atoms with van der Waals surface area (Å²) in [6, 6.07) is 7.17. The van der Waals surface area contributed by atoms with E-state index < -0.39 is 23.2 Å². The van der Waals surface area contributed by atoms with Gasteiger partial charge in [-0.1, -0.05) is 18.2 Å². The Kier molecular flexibility index (Phi) is 9.74. The zero-order valence-electron chi connectivity index (χ0n) is 21.0. The van der Waals surface area contributed by atoms with Gasteiger partial charge in [0.2, 0.25) is 5.91 Å². The first kappa shape index (κ1) is 29.4. The molecule has 0 radical (unpaired) electrons. The average Bonchev–Trinajstić information content (AvgIpc) is 3.36. The van der Waals surface area contributed by atoms with Crippen molar-refractivity contribution in [1.29, 1.82) is 0 Å². The summed E-state index contributed by atoms with van der Waals surface area (Å²) in [5, 5.41) is 13.4. The van der Waals surface area contributed by atoms with Crippen LogP contribution >= 0.6 is 0 Å². The maximum absolute atomic E-state index is 13.5. The highest BCUT2D eigenvalue weighted by atomic mass is 19.4. The Bertz CT molecular complexity index is 1030. The molecule has 2 saturated heterocycles. The third-order valence-electron chi connectivity index (χ3n) is 6.41. The third-order valence-corrected chi connectivity index (χ3v) is 6.41. The molecule has 3 N–H and O–H groups in total. The molecule has 0 aromatic heterocycles. The van der Waals surface area contributed by atoms with Crippen LogP contribution in [0.5, 0.6) is 5.75 Å². The largest absolute Gasteiger partial charge is 0.490 e. The lowest BCUT2D eigenvalue weighted by molar-refractivity contribution is -0.192. The molecular weight excluding hydrogens is 511 g/mol. The number of nitrogens with zero attached hydrogens (tertiary/aromatic N) is 1. The number of ether oxygens (including phenoxy) is 3. The molecule has 3 aliphatic rings. The van der Waals surface area contributed by atoms with Crippen LogP contribution in [0.4, 0.5) is 13.2 Å². The number of rotatable bonds is 0. The lowest BCUT2D eigenvalue weighted by Crippen LogP contribution is -2.60. The van der Waals surface area contributed by atoms with Gasteiger partial charge in [-0.25, -0.2) is 4.79 Å². The maximum Gasteiger partial charge on any atom is 0.490 e. The van der Waals surface area contributed by atoms with Crippen molar-refractivity contribution in [3.8, 4) is 5.75 Å². The normalized spacial score (nSPS) is 27.7. The fraction of sp³-hybridized carbons (Fsp3) is 0.560. The minimum absolute atomic E-state index is 0.0975. The van der Waals surface area contributed by atoms with Crippen LogP contribution in [0, 0.1) is 5.41 Å². The van der Waals surface area contributed by atoms with E-state index in [9.17, 15) is 22.8 Å². The Morgan fingerprint density at radius 1 is 1.13 bits per heavy atom. The summed E-state index contributed by atoms with van der Waals surface area (Å²) >= 11 is 0. The number of amides is 2. The number of morpholine rings is 1. The Labute approximate surface area is 218 Å². The van der Waals surface area contributed by atoms with Crippen LogP contribution in [0.25, 0.3) is 0 Å². The minimum atomic E-state index is -5.08. The average molecular weight is 544 g/mol. The summed E-state index contributed by atoms with van der Waals surface area (Å²) in [5.74, 6) is -2.36. The van der Waals surface area contributed by atoms with Gasteiger partial charge in [-0.05, 0) is 38.1 Å². The highest BCUT2D eigenvalue weighted by Crippen LogP contribution is 2.31. The lowest BCUT2D eigenvalue weighted by atomic mass is 9.85. The summed E-state index contributed by atoms with van der Waals surface area (Å²) in [4.78, 5) is 37.1. The molecule has 2 fully saturated rings. The second-order valence-electron chi connectivity index (χ2n) is 9.51. The Morgan fingerprint density at radius 2 is 1.84 bits per heavy atom. The summed E-state index contributed by atoms with van der Waals surface area (Å²) in [6.45, 7) is 6.15. The number of carbonyl (C=O) groups is 3. The second-order valence-corrected chi connectivity index (χ2v) is 9.51. The quantitative estimate of drug-likeness (QED) is 0.422. The number of benzene rings is 1. The number of carbonyl (C=O) groups excluding carboxylic acids is 2. The number of nitrogens with one attached hydrogen (secondary N) is 2. The van der Waals surface area contributed by atoms with Crippen molar-refractivity contribution in [2.24, 2.45) is 5.41 Å². The number of para-hydroxylation sites is 1. The molecule has 1 spiro atoms. The Balaban J connectivity index is 0.000000505. The SMILES string of the molecule is CC12CNC(=O)c3ccccc3OC/C=C/COCC3(CCNC3)C(=O)N(CCO1)C2.O=C(O)C(F)(F)F. The van der Waals surface area contributed by atoms with Crippen molar-refractivity contribution in [1.82, 2.24) is 15.5 Å². The predicted molar refractivity (Wildman–Crippen MR) is 129 cm³/mol. The van der Waals surface area contributed by atoms with E-state index in [1.54, 1.807) is 12.1 Å². The van der Waals surface area contributed by atoms with Gasteiger partial charge in [0.05, 0.1) is 37.3 Å². The number of carboxylic acid groups (broad SMARTS) is 1. The second kappa shape index (κ2) is 12.6. The fourth-order valence-electron chi connectivity index (χ4n) is 4.40. The van der Waals surface area contributed by atoms with E-state index in [-0.39, 0.29) is 11.8 Å². The van der Waals surface area contributed by atoms with Gasteiger partial charge in [0.1, 0.15) is 18.0 Å². The maximum atomic E-state index is 13.5. The van der Waals surface area contributed by atoms with Gasteiger partial charge in [0.15, 0.2) is 0 Å². The molecule has 0 aliphatic carbocycles. The van der Waals surface area contributed by atoms with E-state index in [2.05, 4.69) is 10.6 Å². The summed E-state index contributed by atoms with van der Waals surface area (Å²) in [7, 11) is 0. The topological polar surface area (TPSA) is 126 Å². The molecule has 2 bridgehead atoms. The van der Waals surface area contributed by atoms with Crippen LogP contribution < -0.4 is 15.4 Å². The molecule has 1 aromatic carbocycles. The van der Waals surface area contributed by atoms with E-state index >= 15 is 0 Å².